The second-order valence-electron chi connectivity index (χ2n) is 4.67. The molecule has 2 heterocycles. The average Bonchev–Trinajstić information content (AvgIpc) is 2.73. The molecule has 1 N–H and O–H groups in total. The largest absolute Gasteiger partial charge is 0.316 e. The van der Waals surface area contributed by atoms with Crippen LogP contribution in [0.5, 0.6) is 0 Å². The minimum absolute atomic E-state index is 0.584. The lowest BCUT2D eigenvalue weighted by molar-refractivity contribution is -0.107. The summed E-state index contributed by atoms with van der Waals surface area (Å²) in [6, 6.07) is 8.31. The molecular weight excluding hydrogens is 200 g/mol. The predicted octanol–water partition coefficient (Wildman–Crippen LogP) is 1.36. The van der Waals surface area contributed by atoms with Crippen LogP contribution in [-0.2, 0) is 4.79 Å². The van der Waals surface area contributed by atoms with E-state index in [-0.39, 0.29) is 0 Å². The molecule has 0 spiro atoms. The number of nitrogens with zero attached hydrogens (tertiary/aromatic N) is 1. The maximum absolute atomic E-state index is 11.1. The van der Waals surface area contributed by atoms with Crippen molar-refractivity contribution in [2.24, 2.45) is 5.92 Å². The van der Waals surface area contributed by atoms with Crippen LogP contribution < -0.4 is 10.2 Å². The number of hydrogen-bond donors (Lipinski definition) is 1. The van der Waals surface area contributed by atoms with Crippen LogP contribution in [-0.4, -0.2) is 26.0 Å². The smallest absolute Gasteiger partial charge is 0.214 e. The fourth-order valence-electron chi connectivity index (χ4n) is 3.00. The number of hydrogen-bond acceptors (Lipinski definition) is 2. The van der Waals surface area contributed by atoms with Crippen LogP contribution in [0.3, 0.4) is 0 Å². The van der Waals surface area contributed by atoms with E-state index in [0.29, 0.717) is 11.8 Å². The number of anilines is 1. The Balaban J connectivity index is 2.08. The Kier molecular flexibility index (Phi) is 2.40. The lowest BCUT2D eigenvalue weighted by Gasteiger charge is -2.19. The van der Waals surface area contributed by atoms with Crippen LogP contribution in [0.25, 0.3) is 0 Å². The van der Waals surface area contributed by atoms with E-state index in [2.05, 4.69) is 23.5 Å². The molecule has 1 aromatic carbocycles. The minimum Gasteiger partial charge on any atom is -0.316 e. The van der Waals surface area contributed by atoms with Crippen molar-refractivity contribution in [1.29, 1.82) is 0 Å². The van der Waals surface area contributed by atoms with Crippen molar-refractivity contribution in [2.75, 3.05) is 24.5 Å². The molecule has 3 nitrogen and oxygen atoms in total. The summed E-state index contributed by atoms with van der Waals surface area (Å²) >= 11 is 0. The molecule has 84 valence electrons. The molecule has 2 aliphatic rings. The van der Waals surface area contributed by atoms with Crippen LogP contribution in [0.4, 0.5) is 5.69 Å². The van der Waals surface area contributed by atoms with Gasteiger partial charge in [0.1, 0.15) is 0 Å². The minimum atomic E-state index is 0.584. The topological polar surface area (TPSA) is 32.3 Å². The maximum atomic E-state index is 11.1. The summed E-state index contributed by atoms with van der Waals surface area (Å²) in [6.45, 7) is 2.99. The van der Waals surface area contributed by atoms with Crippen molar-refractivity contribution in [2.45, 2.75) is 12.3 Å². The van der Waals surface area contributed by atoms with Crippen LogP contribution in [0.15, 0.2) is 24.3 Å². The molecule has 2 aliphatic heterocycles. The van der Waals surface area contributed by atoms with E-state index in [0.717, 1.165) is 38.2 Å². The highest BCUT2D eigenvalue weighted by molar-refractivity contribution is 5.77. The molecule has 0 saturated carbocycles. The van der Waals surface area contributed by atoms with E-state index in [1.54, 1.807) is 0 Å². The van der Waals surface area contributed by atoms with Gasteiger partial charge in [-0.2, -0.15) is 0 Å². The zero-order valence-electron chi connectivity index (χ0n) is 9.23. The lowest BCUT2D eigenvalue weighted by atomic mass is 9.87. The molecule has 1 amide bonds. The van der Waals surface area contributed by atoms with E-state index < -0.39 is 0 Å². The van der Waals surface area contributed by atoms with Crippen molar-refractivity contribution >= 4 is 12.1 Å². The van der Waals surface area contributed by atoms with Crippen molar-refractivity contribution < 1.29 is 4.79 Å². The van der Waals surface area contributed by atoms with Crippen molar-refractivity contribution in [3.05, 3.63) is 29.8 Å². The van der Waals surface area contributed by atoms with Gasteiger partial charge < -0.3 is 10.2 Å². The third-order valence-electron chi connectivity index (χ3n) is 3.85. The molecule has 0 radical (unpaired) electrons. The van der Waals surface area contributed by atoms with Crippen LogP contribution in [0, 0.1) is 5.92 Å². The van der Waals surface area contributed by atoms with Gasteiger partial charge in [-0.3, -0.25) is 4.79 Å². The van der Waals surface area contributed by atoms with Gasteiger partial charge in [0.15, 0.2) is 0 Å². The third kappa shape index (κ3) is 1.43. The number of carbonyl (C=O) groups is 1. The highest BCUT2D eigenvalue weighted by Crippen LogP contribution is 2.38. The van der Waals surface area contributed by atoms with Gasteiger partial charge in [0.2, 0.25) is 6.41 Å². The number of amides is 1. The highest BCUT2D eigenvalue weighted by Gasteiger charge is 2.33. The monoisotopic (exact) mass is 216 g/mol. The SMILES string of the molecule is O=CN1CCC2CNCC2c2ccccc21. The summed E-state index contributed by atoms with van der Waals surface area (Å²) in [7, 11) is 0. The Labute approximate surface area is 95.4 Å². The molecule has 0 bridgehead atoms. The van der Waals surface area contributed by atoms with Crippen LogP contribution >= 0.6 is 0 Å². The molecular formula is C13H16N2O. The van der Waals surface area contributed by atoms with E-state index >= 15 is 0 Å². The number of rotatable bonds is 1. The summed E-state index contributed by atoms with van der Waals surface area (Å²) in [4.78, 5) is 13.0. The molecule has 0 aromatic heterocycles. The number of carbonyl (C=O) groups excluding carboxylic acids is 1. The van der Waals surface area contributed by atoms with E-state index in [1.165, 1.54) is 5.56 Å². The molecule has 16 heavy (non-hydrogen) atoms. The van der Waals surface area contributed by atoms with Gasteiger partial charge in [0, 0.05) is 24.7 Å². The van der Waals surface area contributed by atoms with Crippen molar-refractivity contribution in [3.63, 3.8) is 0 Å². The maximum Gasteiger partial charge on any atom is 0.214 e. The van der Waals surface area contributed by atoms with E-state index in [4.69, 9.17) is 0 Å². The molecule has 1 fully saturated rings. The first-order valence-corrected chi connectivity index (χ1v) is 5.91. The van der Waals surface area contributed by atoms with E-state index in [9.17, 15) is 4.79 Å². The Morgan fingerprint density at radius 3 is 3.06 bits per heavy atom. The first-order valence-electron chi connectivity index (χ1n) is 5.91. The molecule has 1 aromatic rings. The van der Waals surface area contributed by atoms with Gasteiger partial charge in [-0.15, -0.1) is 0 Å². The van der Waals surface area contributed by atoms with Crippen LogP contribution in [0.2, 0.25) is 0 Å². The number of para-hydroxylation sites is 1. The Hall–Kier alpha value is -1.35. The predicted molar refractivity (Wildman–Crippen MR) is 63.6 cm³/mol. The van der Waals surface area contributed by atoms with E-state index in [1.807, 2.05) is 11.0 Å². The fraction of sp³-hybridized carbons (Fsp3) is 0.462. The Bertz CT molecular complexity index is 405. The molecule has 0 aliphatic carbocycles. The first-order chi connectivity index (χ1) is 7.90. The molecule has 1 saturated heterocycles. The highest BCUT2D eigenvalue weighted by atomic mass is 16.1. The molecule has 2 unspecified atom stereocenters. The number of nitrogens with one attached hydrogen (secondary N) is 1. The summed E-state index contributed by atoms with van der Waals surface area (Å²) in [5.74, 6) is 1.27. The van der Waals surface area contributed by atoms with Crippen LogP contribution in [0.1, 0.15) is 17.9 Å². The summed E-state index contributed by atoms with van der Waals surface area (Å²) in [6.07, 6.45) is 2.07. The second kappa shape index (κ2) is 3.91. The zero-order chi connectivity index (χ0) is 11.0. The summed E-state index contributed by atoms with van der Waals surface area (Å²) < 4.78 is 0. The molecule has 3 rings (SSSR count). The Morgan fingerprint density at radius 2 is 2.19 bits per heavy atom. The lowest BCUT2D eigenvalue weighted by Crippen LogP contribution is -2.23. The third-order valence-corrected chi connectivity index (χ3v) is 3.85. The zero-order valence-corrected chi connectivity index (χ0v) is 9.23. The summed E-state index contributed by atoms with van der Waals surface area (Å²) in [5, 5.41) is 3.46. The molecule has 2 atom stereocenters. The van der Waals surface area contributed by atoms with Gasteiger partial charge in [0.25, 0.3) is 0 Å². The second-order valence-corrected chi connectivity index (χ2v) is 4.67. The Morgan fingerprint density at radius 1 is 1.31 bits per heavy atom. The number of fused-ring (bicyclic) bond motifs is 3. The van der Waals surface area contributed by atoms with Crippen molar-refractivity contribution in [1.82, 2.24) is 5.32 Å². The fourth-order valence-corrected chi connectivity index (χ4v) is 3.00. The quantitative estimate of drug-likeness (QED) is 0.719. The average molecular weight is 216 g/mol. The van der Waals surface area contributed by atoms with Gasteiger partial charge in [-0.25, -0.2) is 0 Å². The first kappa shape index (κ1) is 9.85. The van der Waals surface area contributed by atoms with Gasteiger partial charge in [-0.05, 0) is 30.5 Å². The van der Waals surface area contributed by atoms with Gasteiger partial charge >= 0.3 is 0 Å². The van der Waals surface area contributed by atoms with Gasteiger partial charge in [0.05, 0.1) is 0 Å². The van der Waals surface area contributed by atoms with Crippen molar-refractivity contribution in [3.8, 4) is 0 Å². The number of benzene rings is 1. The molecule has 3 heteroatoms. The normalized spacial score (nSPS) is 28.1. The van der Waals surface area contributed by atoms with Gasteiger partial charge in [-0.1, -0.05) is 18.2 Å². The summed E-state index contributed by atoms with van der Waals surface area (Å²) in [5.41, 5.74) is 2.44. The standard InChI is InChI=1S/C13H16N2O/c16-9-15-6-5-10-7-14-8-12(10)11-3-1-2-4-13(11)15/h1-4,9-10,12,14H,5-8H2.